The fraction of sp³-hybridized carbons (Fsp3) is 0.417. The summed E-state index contributed by atoms with van der Waals surface area (Å²) in [5.41, 5.74) is -0.221. The highest BCUT2D eigenvalue weighted by atomic mass is 16.1. The number of Topliss-reactive ketones (excluding diaryl/α,β-unsaturated/α-hetero) is 1. The lowest BCUT2D eigenvalue weighted by Crippen LogP contribution is -2.30. The monoisotopic (exact) mass is 205 g/mol. The van der Waals surface area contributed by atoms with Gasteiger partial charge in [-0.3, -0.25) is 14.6 Å². The summed E-state index contributed by atoms with van der Waals surface area (Å²) in [4.78, 5) is 26.4. The molecule has 80 valence electrons. The molecule has 0 bridgehead atoms. The Bertz CT molecular complexity index is 364. The molecule has 0 saturated heterocycles. The molecule has 0 aliphatic carbocycles. The molecule has 0 amide bonds. The number of ketones is 1. The van der Waals surface area contributed by atoms with Crippen LogP contribution in [0.1, 0.15) is 20.8 Å². The van der Waals surface area contributed by atoms with Crippen LogP contribution in [0.3, 0.4) is 0 Å². The van der Waals surface area contributed by atoms with Crippen LogP contribution in [0.4, 0.5) is 0 Å². The van der Waals surface area contributed by atoms with E-state index in [1.165, 1.54) is 6.20 Å². The summed E-state index contributed by atoms with van der Waals surface area (Å²) in [6.07, 6.45) is 7.14. The Labute approximate surface area is 89.6 Å². The second kappa shape index (κ2) is 4.34. The molecule has 1 aliphatic heterocycles. The zero-order valence-corrected chi connectivity index (χ0v) is 9.23. The average Bonchev–Trinajstić information content (AvgIpc) is 2.40. The Morgan fingerprint density at radius 3 is 2.73 bits per heavy atom. The Morgan fingerprint density at radius 1 is 1.53 bits per heavy atom. The molecule has 1 atom stereocenters. The maximum absolute atomic E-state index is 11.9. The Hall–Kier alpha value is -1.51. The van der Waals surface area contributed by atoms with Gasteiger partial charge in [-0.25, -0.2) is 0 Å². The van der Waals surface area contributed by atoms with Gasteiger partial charge in [0.25, 0.3) is 0 Å². The largest absolute Gasteiger partial charge is 0.298 e. The maximum Gasteiger partial charge on any atom is 0.151 e. The minimum atomic E-state index is -0.699. The predicted molar refractivity (Wildman–Crippen MR) is 59.7 cm³/mol. The number of hydrogen-bond acceptors (Lipinski definition) is 3. The van der Waals surface area contributed by atoms with Crippen LogP contribution in [0.25, 0.3) is 0 Å². The van der Waals surface area contributed by atoms with Crippen LogP contribution in [-0.4, -0.2) is 18.3 Å². The van der Waals surface area contributed by atoms with Gasteiger partial charge in [0.15, 0.2) is 6.29 Å². The van der Waals surface area contributed by atoms with E-state index in [9.17, 15) is 9.59 Å². The lowest BCUT2D eigenvalue weighted by molar-refractivity contribution is -0.125. The third-order valence-corrected chi connectivity index (χ3v) is 2.38. The standard InChI is InChI=1S/C12H15NO2/c1-9(2)11(15)12(3)5-4-10(7-14)6-13-8-12/h4-9H,1-3H3. The highest BCUT2D eigenvalue weighted by molar-refractivity contribution is 6.03. The maximum atomic E-state index is 11.9. The van der Waals surface area contributed by atoms with Crippen molar-refractivity contribution in [1.82, 2.24) is 0 Å². The van der Waals surface area contributed by atoms with Crippen molar-refractivity contribution in [2.75, 3.05) is 0 Å². The van der Waals surface area contributed by atoms with E-state index in [-0.39, 0.29) is 11.7 Å². The first-order valence-electron chi connectivity index (χ1n) is 4.93. The lowest BCUT2D eigenvalue weighted by Gasteiger charge is -2.20. The highest BCUT2D eigenvalue weighted by Crippen LogP contribution is 2.24. The molecule has 3 nitrogen and oxygen atoms in total. The molecular weight excluding hydrogens is 190 g/mol. The van der Waals surface area contributed by atoms with Crippen molar-refractivity contribution in [3.63, 3.8) is 0 Å². The second-order valence-electron chi connectivity index (χ2n) is 4.16. The summed E-state index contributed by atoms with van der Waals surface area (Å²) < 4.78 is 0. The first-order valence-corrected chi connectivity index (χ1v) is 4.93. The predicted octanol–water partition coefficient (Wildman–Crippen LogP) is 1.94. The van der Waals surface area contributed by atoms with Gasteiger partial charge in [0.1, 0.15) is 5.78 Å². The fourth-order valence-electron chi connectivity index (χ4n) is 1.47. The van der Waals surface area contributed by atoms with Crippen molar-refractivity contribution in [2.45, 2.75) is 20.8 Å². The smallest absolute Gasteiger partial charge is 0.151 e. The van der Waals surface area contributed by atoms with E-state index in [2.05, 4.69) is 4.99 Å². The average molecular weight is 205 g/mol. The van der Waals surface area contributed by atoms with Gasteiger partial charge in [-0.05, 0) is 6.92 Å². The molecule has 0 aromatic rings. The molecule has 1 heterocycles. The molecular formula is C12H15NO2. The van der Waals surface area contributed by atoms with Crippen molar-refractivity contribution in [3.05, 3.63) is 23.9 Å². The molecule has 0 saturated carbocycles. The molecule has 0 N–H and O–H groups in total. The number of hydrogen-bond donors (Lipinski definition) is 0. The number of nitrogens with zero attached hydrogens (tertiary/aromatic N) is 1. The van der Waals surface area contributed by atoms with Gasteiger partial charge in [-0.15, -0.1) is 0 Å². The van der Waals surface area contributed by atoms with Gasteiger partial charge in [0, 0.05) is 23.9 Å². The Kier molecular flexibility index (Phi) is 3.35. The van der Waals surface area contributed by atoms with E-state index in [0.29, 0.717) is 5.57 Å². The van der Waals surface area contributed by atoms with Crippen molar-refractivity contribution >= 4 is 18.3 Å². The highest BCUT2D eigenvalue weighted by Gasteiger charge is 2.30. The topological polar surface area (TPSA) is 46.5 Å². The van der Waals surface area contributed by atoms with E-state index in [1.807, 2.05) is 13.8 Å². The van der Waals surface area contributed by atoms with Crippen molar-refractivity contribution < 1.29 is 9.59 Å². The van der Waals surface area contributed by atoms with E-state index in [1.54, 1.807) is 25.3 Å². The first kappa shape index (κ1) is 11.6. The molecule has 1 aliphatic rings. The summed E-state index contributed by atoms with van der Waals surface area (Å²) in [6.45, 7) is 5.51. The molecule has 1 unspecified atom stereocenters. The molecule has 3 heteroatoms. The van der Waals surface area contributed by atoms with Gasteiger partial charge in [0.05, 0.1) is 5.41 Å². The summed E-state index contributed by atoms with van der Waals surface area (Å²) in [5.74, 6) is 0.0481. The third-order valence-electron chi connectivity index (χ3n) is 2.38. The summed E-state index contributed by atoms with van der Waals surface area (Å²) >= 11 is 0. The molecule has 15 heavy (non-hydrogen) atoms. The Morgan fingerprint density at radius 2 is 2.20 bits per heavy atom. The normalized spacial score (nSPS) is 24.9. The molecule has 0 spiro atoms. The number of carbonyl (C=O) groups excluding carboxylic acids is 2. The van der Waals surface area contributed by atoms with Crippen LogP contribution in [0.5, 0.6) is 0 Å². The number of carbonyl (C=O) groups is 2. The minimum absolute atomic E-state index is 0.0520. The van der Waals surface area contributed by atoms with Gasteiger partial charge < -0.3 is 0 Å². The Balaban J connectivity index is 3.01. The molecule has 0 aromatic carbocycles. The van der Waals surface area contributed by atoms with Gasteiger partial charge in [0.2, 0.25) is 0 Å². The molecule has 0 aromatic heterocycles. The number of allylic oxidation sites excluding steroid dienone is 3. The summed E-state index contributed by atoms with van der Waals surface area (Å²) in [6, 6.07) is 0. The third kappa shape index (κ3) is 2.49. The zero-order valence-electron chi connectivity index (χ0n) is 9.23. The number of aldehydes is 1. The van der Waals surface area contributed by atoms with Crippen molar-refractivity contribution in [2.24, 2.45) is 16.3 Å². The minimum Gasteiger partial charge on any atom is -0.298 e. The fourth-order valence-corrected chi connectivity index (χ4v) is 1.47. The molecule has 0 radical (unpaired) electrons. The van der Waals surface area contributed by atoms with Crippen LogP contribution in [-0.2, 0) is 9.59 Å². The van der Waals surface area contributed by atoms with E-state index >= 15 is 0 Å². The van der Waals surface area contributed by atoms with Crippen LogP contribution in [0.2, 0.25) is 0 Å². The summed E-state index contributed by atoms with van der Waals surface area (Å²) in [5, 5.41) is 0. The van der Waals surface area contributed by atoms with Crippen LogP contribution in [0.15, 0.2) is 28.9 Å². The van der Waals surface area contributed by atoms with Crippen LogP contribution >= 0.6 is 0 Å². The first-order chi connectivity index (χ1) is 6.99. The number of rotatable bonds is 3. The lowest BCUT2D eigenvalue weighted by atomic mass is 9.81. The van der Waals surface area contributed by atoms with Gasteiger partial charge in [-0.2, -0.15) is 0 Å². The van der Waals surface area contributed by atoms with Gasteiger partial charge in [-0.1, -0.05) is 26.0 Å². The quantitative estimate of drug-likeness (QED) is 0.661. The van der Waals surface area contributed by atoms with Crippen molar-refractivity contribution in [3.8, 4) is 0 Å². The second-order valence-corrected chi connectivity index (χ2v) is 4.16. The zero-order chi connectivity index (χ0) is 11.5. The van der Waals surface area contributed by atoms with Crippen molar-refractivity contribution in [1.29, 1.82) is 0 Å². The SMILES string of the molecule is CC(C)C(=O)C1(C)C=CC(C=O)=CN=C1. The molecule has 1 rings (SSSR count). The van der Waals surface area contributed by atoms with E-state index in [0.717, 1.165) is 6.29 Å². The van der Waals surface area contributed by atoms with E-state index < -0.39 is 5.41 Å². The summed E-state index contributed by atoms with van der Waals surface area (Å²) in [7, 11) is 0. The van der Waals surface area contributed by atoms with Crippen LogP contribution in [0, 0.1) is 11.3 Å². The number of aliphatic imine (C=N–C) groups is 1. The molecule has 0 fully saturated rings. The van der Waals surface area contributed by atoms with Gasteiger partial charge >= 0.3 is 0 Å². The van der Waals surface area contributed by atoms with E-state index in [4.69, 9.17) is 0 Å². The van der Waals surface area contributed by atoms with Crippen LogP contribution < -0.4 is 0 Å².